The summed E-state index contributed by atoms with van der Waals surface area (Å²) >= 11 is 0. The van der Waals surface area contributed by atoms with Crippen molar-refractivity contribution in [2.45, 2.75) is 168 Å². The quantitative estimate of drug-likeness (QED) is 0.174. The van der Waals surface area contributed by atoms with E-state index >= 15 is 0 Å². The van der Waals surface area contributed by atoms with Crippen LogP contribution in [0.25, 0.3) is 0 Å². The lowest BCUT2D eigenvalue weighted by Gasteiger charge is -2.05. The van der Waals surface area contributed by atoms with E-state index in [1.807, 2.05) is 6.92 Å². The van der Waals surface area contributed by atoms with Gasteiger partial charge < -0.3 is 5.11 Å². The van der Waals surface area contributed by atoms with Crippen molar-refractivity contribution in [2.75, 3.05) is 0 Å². The van der Waals surface area contributed by atoms with Crippen molar-refractivity contribution >= 4 is 0 Å². The highest BCUT2D eigenvalue weighted by atomic mass is 16.3. The van der Waals surface area contributed by atoms with E-state index in [0.29, 0.717) is 0 Å². The van der Waals surface area contributed by atoms with Gasteiger partial charge in [-0.05, 0) is 13.3 Å². The molecule has 0 unspecified atom stereocenters. The van der Waals surface area contributed by atoms with Crippen molar-refractivity contribution < 1.29 is 5.11 Å². The van der Waals surface area contributed by atoms with Crippen LogP contribution in [0.4, 0.5) is 0 Å². The molecule has 0 rings (SSSR count). The minimum absolute atomic E-state index is 0.102. The SMILES string of the molecule is CCCCCCCCCCCCCCCCCCCCCCCC[C@@H](C)O. The second kappa shape index (κ2) is 24.0. The molecule has 27 heavy (non-hydrogen) atoms. The lowest BCUT2D eigenvalue weighted by molar-refractivity contribution is 0.180. The van der Waals surface area contributed by atoms with Crippen LogP contribution >= 0.6 is 0 Å². The van der Waals surface area contributed by atoms with Crippen LogP contribution in [-0.4, -0.2) is 11.2 Å². The first-order valence-corrected chi connectivity index (χ1v) is 13.0. The zero-order valence-electron chi connectivity index (χ0n) is 19.3. The summed E-state index contributed by atoms with van der Waals surface area (Å²) < 4.78 is 0. The first-order valence-electron chi connectivity index (χ1n) is 13.0. The van der Waals surface area contributed by atoms with Gasteiger partial charge in [0.25, 0.3) is 0 Å². The van der Waals surface area contributed by atoms with Gasteiger partial charge in [-0.1, -0.05) is 148 Å². The fourth-order valence-electron chi connectivity index (χ4n) is 4.05. The Morgan fingerprint density at radius 3 is 0.852 bits per heavy atom. The van der Waals surface area contributed by atoms with E-state index in [-0.39, 0.29) is 6.10 Å². The van der Waals surface area contributed by atoms with E-state index in [1.54, 1.807) is 0 Å². The fraction of sp³-hybridized carbons (Fsp3) is 1.00. The third-order valence-corrected chi connectivity index (χ3v) is 5.98. The average Bonchev–Trinajstić information content (AvgIpc) is 2.65. The van der Waals surface area contributed by atoms with Crippen LogP contribution in [0.3, 0.4) is 0 Å². The predicted molar refractivity (Wildman–Crippen MR) is 124 cm³/mol. The molecule has 0 radical (unpaired) electrons. The second-order valence-corrected chi connectivity index (χ2v) is 9.06. The minimum atomic E-state index is -0.102. The van der Waals surface area contributed by atoms with Gasteiger partial charge in [0.05, 0.1) is 6.10 Å². The summed E-state index contributed by atoms with van der Waals surface area (Å²) in [5.74, 6) is 0. The summed E-state index contributed by atoms with van der Waals surface area (Å²) in [5.41, 5.74) is 0. The van der Waals surface area contributed by atoms with Gasteiger partial charge in [0.2, 0.25) is 0 Å². The van der Waals surface area contributed by atoms with E-state index in [4.69, 9.17) is 0 Å². The molecule has 0 aliphatic heterocycles. The van der Waals surface area contributed by atoms with Crippen molar-refractivity contribution in [3.8, 4) is 0 Å². The van der Waals surface area contributed by atoms with Gasteiger partial charge in [-0.15, -0.1) is 0 Å². The highest BCUT2D eigenvalue weighted by molar-refractivity contribution is 4.52. The van der Waals surface area contributed by atoms with Crippen molar-refractivity contribution in [3.05, 3.63) is 0 Å². The summed E-state index contributed by atoms with van der Waals surface area (Å²) in [7, 11) is 0. The maximum Gasteiger partial charge on any atom is 0.0512 e. The molecule has 1 atom stereocenters. The van der Waals surface area contributed by atoms with Gasteiger partial charge in [0, 0.05) is 0 Å². The molecule has 0 fully saturated rings. The first-order chi connectivity index (χ1) is 13.3. The van der Waals surface area contributed by atoms with Gasteiger partial charge in [0.15, 0.2) is 0 Å². The number of unbranched alkanes of at least 4 members (excludes halogenated alkanes) is 21. The van der Waals surface area contributed by atoms with Crippen molar-refractivity contribution in [1.29, 1.82) is 0 Å². The molecular formula is C26H54O. The highest BCUT2D eigenvalue weighted by Crippen LogP contribution is 2.15. The number of aliphatic hydroxyl groups is 1. The Hall–Kier alpha value is -0.0400. The molecule has 1 nitrogen and oxygen atoms in total. The van der Waals surface area contributed by atoms with Crippen LogP contribution in [0.15, 0.2) is 0 Å². The van der Waals surface area contributed by atoms with Crippen molar-refractivity contribution in [1.82, 2.24) is 0 Å². The highest BCUT2D eigenvalue weighted by Gasteiger charge is 1.97. The van der Waals surface area contributed by atoms with Crippen LogP contribution < -0.4 is 0 Å². The van der Waals surface area contributed by atoms with E-state index in [9.17, 15) is 5.11 Å². The fourth-order valence-corrected chi connectivity index (χ4v) is 4.05. The number of hydrogen-bond acceptors (Lipinski definition) is 1. The zero-order chi connectivity index (χ0) is 19.8. The van der Waals surface area contributed by atoms with Crippen LogP contribution in [0.1, 0.15) is 162 Å². The van der Waals surface area contributed by atoms with E-state index in [2.05, 4.69) is 6.92 Å². The maximum absolute atomic E-state index is 9.22. The van der Waals surface area contributed by atoms with Gasteiger partial charge in [0.1, 0.15) is 0 Å². The zero-order valence-corrected chi connectivity index (χ0v) is 19.3. The van der Waals surface area contributed by atoms with Crippen LogP contribution in [0.2, 0.25) is 0 Å². The van der Waals surface area contributed by atoms with Crippen LogP contribution in [0.5, 0.6) is 0 Å². The number of aliphatic hydroxyl groups excluding tert-OH is 1. The molecule has 0 aromatic rings. The molecular weight excluding hydrogens is 328 g/mol. The summed E-state index contributed by atoms with van der Waals surface area (Å²) in [6, 6.07) is 0. The molecule has 0 aliphatic carbocycles. The molecule has 0 spiro atoms. The lowest BCUT2D eigenvalue weighted by Crippen LogP contribution is -1.98. The number of hydrogen-bond donors (Lipinski definition) is 1. The third kappa shape index (κ3) is 26.0. The predicted octanol–water partition coefficient (Wildman–Crippen LogP) is 9.36. The molecule has 0 amide bonds. The summed E-state index contributed by atoms with van der Waals surface area (Å²) in [6.07, 6.45) is 32.4. The van der Waals surface area contributed by atoms with Gasteiger partial charge >= 0.3 is 0 Å². The van der Waals surface area contributed by atoms with Gasteiger partial charge in [-0.25, -0.2) is 0 Å². The largest absolute Gasteiger partial charge is 0.393 e. The smallest absolute Gasteiger partial charge is 0.0512 e. The Labute approximate surface area is 173 Å². The normalized spacial score (nSPS) is 12.6. The molecule has 0 saturated heterocycles. The summed E-state index contributed by atoms with van der Waals surface area (Å²) in [6.45, 7) is 4.20. The molecule has 1 N–H and O–H groups in total. The van der Waals surface area contributed by atoms with E-state index in [1.165, 1.54) is 141 Å². The monoisotopic (exact) mass is 382 g/mol. The molecule has 164 valence electrons. The molecule has 0 bridgehead atoms. The summed E-state index contributed by atoms with van der Waals surface area (Å²) in [5, 5.41) is 9.22. The molecule has 1 heteroatoms. The lowest BCUT2D eigenvalue weighted by atomic mass is 10.0. The molecule has 0 aromatic carbocycles. The Balaban J connectivity index is 2.97. The van der Waals surface area contributed by atoms with Crippen LogP contribution in [0, 0.1) is 0 Å². The Kier molecular flexibility index (Phi) is 24.0. The second-order valence-electron chi connectivity index (χ2n) is 9.06. The van der Waals surface area contributed by atoms with Crippen LogP contribution in [-0.2, 0) is 0 Å². The van der Waals surface area contributed by atoms with Gasteiger partial charge in [-0.2, -0.15) is 0 Å². The maximum atomic E-state index is 9.22. The van der Waals surface area contributed by atoms with E-state index < -0.39 is 0 Å². The van der Waals surface area contributed by atoms with E-state index in [0.717, 1.165) is 6.42 Å². The molecule has 0 aliphatic rings. The Morgan fingerprint density at radius 1 is 0.407 bits per heavy atom. The topological polar surface area (TPSA) is 20.2 Å². The minimum Gasteiger partial charge on any atom is -0.393 e. The average molecular weight is 383 g/mol. The Morgan fingerprint density at radius 2 is 0.630 bits per heavy atom. The molecule has 0 aromatic heterocycles. The Bertz CT molecular complexity index is 249. The molecule has 0 heterocycles. The summed E-state index contributed by atoms with van der Waals surface area (Å²) in [4.78, 5) is 0. The van der Waals surface area contributed by atoms with Gasteiger partial charge in [-0.3, -0.25) is 0 Å². The van der Waals surface area contributed by atoms with Crippen molar-refractivity contribution in [2.24, 2.45) is 0 Å². The first kappa shape index (κ1) is 27.0. The van der Waals surface area contributed by atoms with Crippen molar-refractivity contribution in [3.63, 3.8) is 0 Å². The standard InChI is InChI=1S/C26H54O/c1-3-4-5-6-7-8-9-10-11-12-13-14-15-16-17-18-19-20-21-22-23-24-25-26(2)27/h26-27H,3-25H2,1-2H3/t26-/m1/s1. The molecule has 0 saturated carbocycles. The number of rotatable bonds is 23. The third-order valence-electron chi connectivity index (χ3n) is 5.98.